The van der Waals surface area contributed by atoms with E-state index in [2.05, 4.69) is 17.6 Å². The van der Waals surface area contributed by atoms with E-state index in [1.807, 2.05) is 45.9 Å². The number of ether oxygens (including phenoxy) is 1. The molecule has 0 saturated carbocycles. The first kappa shape index (κ1) is 20.6. The SMILES string of the molecule is CCCCNC(=O)Nc1cc(C)c(Oc2ccc(O)c(C(C)C)c2)c(C)c1. The molecule has 0 aliphatic rings. The number of rotatable bonds is 7. The van der Waals surface area contributed by atoms with Crippen LogP contribution in [0, 0.1) is 13.8 Å². The van der Waals surface area contributed by atoms with Gasteiger partial charge < -0.3 is 20.5 Å². The van der Waals surface area contributed by atoms with Crippen LogP contribution in [-0.4, -0.2) is 17.7 Å². The Labute approximate surface area is 161 Å². The largest absolute Gasteiger partial charge is 0.508 e. The van der Waals surface area contributed by atoms with Gasteiger partial charge in [0, 0.05) is 17.8 Å². The summed E-state index contributed by atoms with van der Waals surface area (Å²) in [5.74, 6) is 1.92. The molecule has 27 heavy (non-hydrogen) atoms. The minimum atomic E-state index is -0.198. The van der Waals surface area contributed by atoms with E-state index in [1.165, 1.54) is 0 Å². The highest BCUT2D eigenvalue weighted by Crippen LogP contribution is 2.35. The maximum Gasteiger partial charge on any atom is 0.319 e. The molecule has 5 heteroatoms. The van der Waals surface area contributed by atoms with Crippen LogP contribution in [0.3, 0.4) is 0 Å². The first-order valence-electron chi connectivity index (χ1n) is 9.48. The fraction of sp³-hybridized carbons (Fsp3) is 0.409. The molecule has 0 bridgehead atoms. The Kier molecular flexibility index (Phi) is 7.11. The summed E-state index contributed by atoms with van der Waals surface area (Å²) in [6, 6.07) is 8.87. The summed E-state index contributed by atoms with van der Waals surface area (Å²) in [4.78, 5) is 11.9. The first-order chi connectivity index (χ1) is 12.8. The predicted molar refractivity (Wildman–Crippen MR) is 110 cm³/mol. The number of phenols is 1. The number of unbranched alkanes of at least 4 members (excludes halogenated alkanes) is 1. The molecular formula is C22H30N2O3. The molecule has 0 spiro atoms. The van der Waals surface area contributed by atoms with Crippen LogP contribution in [0.5, 0.6) is 17.2 Å². The number of phenolic OH excluding ortho intramolecular Hbond substituents is 1. The minimum absolute atomic E-state index is 0.198. The Morgan fingerprint density at radius 2 is 1.81 bits per heavy atom. The van der Waals surface area contributed by atoms with E-state index < -0.39 is 0 Å². The van der Waals surface area contributed by atoms with Crippen LogP contribution in [0.2, 0.25) is 0 Å². The molecule has 0 heterocycles. The van der Waals surface area contributed by atoms with Crippen molar-refractivity contribution in [2.75, 3.05) is 11.9 Å². The van der Waals surface area contributed by atoms with Gasteiger partial charge in [-0.1, -0.05) is 27.2 Å². The highest BCUT2D eigenvalue weighted by Gasteiger charge is 2.12. The lowest BCUT2D eigenvalue weighted by atomic mass is 10.0. The van der Waals surface area contributed by atoms with Crippen LogP contribution in [0.1, 0.15) is 56.2 Å². The highest BCUT2D eigenvalue weighted by molar-refractivity contribution is 5.89. The zero-order valence-electron chi connectivity index (χ0n) is 16.8. The van der Waals surface area contributed by atoms with Gasteiger partial charge in [0.05, 0.1) is 0 Å². The molecule has 5 nitrogen and oxygen atoms in total. The normalized spacial score (nSPS) is 10.7. The van der Waals surface area contributed by atoms with Crippen LogP contribution >= 0.6 is 0 Å². The Morgan fingerprint density at radius 3 is 2.41 bits per heavy atom. The van der Waals surface area contributed by atoms with Crippen molar-refractivity contribution in [1.82, 2.24) is 5.32 Å². The molecule has 0 aliphatic carbocycles. The number of carbonyl (C=O) groups excluding carboxylic acids is 1. The summed E-state index contributed by atoms with van der Waals surface area (Å²) in [7, 11) is 0. The Bertz CT molecular complexity index is 777. The molecule has 2 rings (SSSR count). The van der Waals surface area contributed by atoms with Crippen molar-refractivity contribution in [3.63, 3.8) is 0 Å². The molecule has 2 aromatic carbocycles. The summed E-state index contributed by atoms with van der Waals surface area (Å²) in [5.41, 5.74) is 3.45. The number of aryl methyl sites for hydroxylation is 2. The molecule has 0 aliphatic heterocycles. The number of nitrogens with one attached hydrogen (secondary N) is 2. The van der Waals surface area contributed by atoms with Gasteiger partial charge in [0.1, 0.15) is 17.2 Å². The fourth-order valence-corrected chi connectivity index (χ4v) is 2.91. The standard InChI is InChI=1S/C22H30N2O3/c1-6-7-10-23-22(26)24-17-11-15(4)21(16(5)12-17)27-18-8-9-20(25)19(13-18)14(2)3/h8-9,11-14,25H,6-7,10H2,1-5H3,(H2,23,24,26). The Hall–Kier alpha value is -2.69. The van der Waals surface area contributed by atoms with Gasteiger partial charge in [-0.15, -0.1) is 0 Å². The van der Waals surface area contributed by atoms with Gasteiger partial charge in [-0.2, -0.15) is 0 Å². The first-order valence-corrected chi connectivity index (χ1v) is 9.48. The predicted octanol–water partition coefficient (Wildman–Crippen LogP) is 5.85. The number of urea groups is 1. The molecule has 0 unspecified atom stereocenters. The second-order valence-electron chi connectivity index (χ2n) is 7.15. The zero-order chi connectivity index (χ0) is 20.0. The maximum atomic E-state index is 11.9. The second kappa shape index (κ2) is 9.31. The smallest absolute Gasteiger partial charge is 0.319 e. The van der Waals surface area contributed by atoms with E-state index in [9.17, 15) is 9.90 Å². The third-order valence-electron chi connectivity index (χ3n) is 4.38. The van der Waals surface area contributed by atoms with Crippen molar-refractivity contribution in [1.29, 1.82) is 0 Å². The number of hydrogen-bond donors (Lipinski definition) is 3. The summed E-state index contributed by atoms with van der Waals surface area (Å²) in [6.07, 6.45) is 2.00. The van der Waals surface area contributed by atoms with Gasteiger partial charge in [-0.05, 0) is 67.6 Å². The van der Waals surface area contributed by atoms with Crippen LogP contribution in [0.25, 0.3) is 0 Å². The molecule has 0 saturated heterocycles. The summed E-state index contributed by atoms with van der Waals surface area (Å²) >= 11 is 0. The van der Waals surface area contributed by atoms with Crippen molar-refractivity contribution in [3.05, 3.63) is 47.0 Å². The summed E-state index contributed by atoms with van der Waals surface area (Å²) < 4.78 is 6.09. The summed E-state index contributed by atoms with van der Waals surface area (Å²) in [5, 5.41) is 15.7. The van der Waals surface area contributed by atoms with Crippen LogP contribution in [0.15, 0.2) is 30.3 Å². The zero-order valence-corrected chi connectivity index (χ0v) is 16.8. The average molecular weight is 370 g/mol. The lowest BCUT2D eigenvalue weighted by Gasteiger charge is -2.16. The number of amides is 2. The van der Waals surface area contributed by atoms with E-state index in [4.69, 9.17) is 4.74 Å². The lowest BCUT2D eigenvalue weighted by molar-refractivity contribution is 0.252. The number of hydrogen-bond acceptors (Lipinski definition) is 3. The van der Waals surface area contributed by atoms with E-state index in [1.54, 1.807) is 12.1 Å². The average Bonchev–Trinajstić information content (AvgIpc) is 2.59. The van der Waals surface area contributed by atoms with Crippen LogP contribution < -0.4 is 15.4 Å². The molecule has 0 fully saturated rings. The van der Waals surface area contributed by atoms with E-state index in [0.29, 0.717) is 12.3 Å². The Balaban J connectivity index is 2.15. The van der Waals surface area contributed by atoms with E-state index in [-0.39, 0.29) is 17.7 Å². The lowest BCUT2D eigenvalue weighted by Crippen LogP contribution is -2.29. The van der Waals surface area contributed by atoms with Crippen molar-refractivity contribution < 1.29 is 14.6 Å². The van der Waals surface area contributed by atoms with Gasteiger partial charge in [0.25, 0.3) is 0 Å². The van der Waals surface area contributed by atoms with Gasteiger partial charge in [0.2, 0.25) is 0 Å². The molecule has 2 amide bonds. The van der Waals surface area contributed by atoms with Crippen LogP contribution in [0.4, 0.5) is 10.5 Å². The number of aromatic hydroxyl groups is 1. The van der Waals surface area contributed by atoms with Crippen LogP contribution in [-0.2, 0) is 0 Å². The van der Waals surface area contributed by atoms with Gasteiger partial charge >= 0.3 is 6.03 Å². The topological polar surface area (TPSA) is 70.6 Å². The third-order valence-corrected chi connectivity index (χ3v) is 4.38. The van der Waals surface area contributed by atoms with E-state index >= 15 is 0 Å². The van der Waals surface area contributed by atoms with Gasteiger partial charge in [0.15, 0.2) is 0 Å². The number of carbonyl (C=O) groups is 1. The monoisotopic (exact) mass is 370 g/mol. The molecule has 0 radical (unpaired) electrons. The quantitative estimate of drug-likeness (QED) is 0.536. The van der Waals surface area contributed by atoms with Gasteiger partial charge in [-0.25, -0.2) is 4.79 Å². The molecule has 3 N–H and O–H groups in total. The molecule has 2 aromatic rings. The van der Waals surface area contributed by atoms with Gasteiger partial charge in [-0.3, -0.25) is 0 Å². The number of benzene rings is 2. The third kappa shape index (κ3) is 5.64. The minimum Gasteiger partial charge on any atom is -0.508 e. The van der Waals surface area contributed by atoms with Crippen molar-refractivity contribution in [2.45, 2.75) is 53.4 Å². The molecule has 0 aromatic heterocycles. The van der Waals surface area contributed by atoms with Crippen molar-refractivity contribution in [2.24, 2.45) is 0 Å². The van der Waals surface area contributed by atoms with Crippen molar-refractivity contribution in [3.8, 4) is 17.2 Å². The molecule has 146 valence electrons. The summed E-state index contributed by atoms with van der Waals surface area (Å²) in [6.45, 7) is 10.7. The molecular weight excluding hydrogens is 340 g/mol. The van der Waals surface area contributed by atoms with E-state index in [0.717, 1.165) is 41.0 Å². The molecule has 0 atom stereocenters. The number of anilines is 1. The second-order valence-corrected chi connectivity index (χ2v) is 7.15. The maximum absolute atomic E-state index is 11.9. The van der Waals surface area contributed by atoms with Crippen molar-refractivity contribution >= 4 is 11.7 Å². The Morgan fingerprint density at radius 1 is 1.15 bits per heavy atom. The fourth-order valence-electron chi connectivity index (χ4n) is 2.91. The highest BCUT2D eigenvalue weighted by atomic mass is 16.5.